The maximum absolute atomic E-state index is 14.9. The zero-order valence-electron chi connectivity index (χ0n) is 21.2. The Kier molecular flexibility index (Phi) is 5.51. The van der Waals surface area contributed by atoms with Gasteiger partial charge in [0.25, 0.3) is 5.56 Å². The first-order valence-corrected chi connectivity index (χ1v) is 12.6. The number of ether oxygens (including phenoxy) is 1. The van der Waals surface area contributed by atoms with E-state index in [1.807, 2.05) is 0 Å². The van der Waals surface area contributed by atoms with Crippen LogP contribution in [-0.4, -0.2) is 44.3 Å². The number of pyridine rings is 2. The van der Waals surface area contributed by atoms with E-state index in [2.05, 4.69) is 10.6 Å². The lowest BCUT2D eigenvalue weighted by atomic mass is 9.81. The minimum atomic E-state index is -1.99. The molecule has 2 aromatic heterocycles. The lowest BCUT2D eigenvalue weighted by Gasteiger charge is -2.31. The molecule has 0 fully saturated rings. The smallest absolute Gasteiger partial charge is 0.405 e. The molecule has 39 heavy (non-hydrogen) atoms. The number of cyclic esters (lactones) is 1. The van der Waals surface area contributed by atoms with Crippen molar-refractivity contribution < 1.29 is 33.7 Å². The highest BCUT2D eigenvalue weighted by Gasteiger charge is 2.46. The van der Waals surface area contributed by atoms with E-state index in [0.29, 0.717) is 51.8 Å². The number of fused-ring (bicyclic) bond motifs is 5. The number of rotatable bonds is 4. The Morgan fingerprint density at radius 3 is 2.74 bits per heavy atom. The molecule has 2 amide bonds. The second kappa shape index (κ2) is 8.60. The minimum Gasteiger partial charge on any atom is -0.465 e. The third-order valence-corrected chi connectivity index (χ3v) is 8.11. The predicted octanol–water partition coefficient (Wildman–Crippen LogP) is 1.90. The van der Waals surface area contributed by atoms with Gasteiger partial charge in [0, 0.05) is 22.6 Å². The van der Waals surface area contributed by atoms with Crippen molar-refractivity contribution in [3.05, 3.63) is 61.7 Å². The highest BCUT2D eigenvalue weighted by atomic mass is 19.1. The molecule has 1 aliphatic carbocycles. The number of carbonyl (C=O) groups excluding carboxylic acids is 2. The lowest BCUT2D eigenvalue weighted by molar-refractivity contribution is -0.172. The van der Waals surface area contributed by atoms with Crippen molar-refractivity contribution in [2.24, 2.45) is 0 Å². The third kappa shape index (κ3) is 3.54. The van der Waals surface area contributed by atoms with Gasteiger partial charge in [0.15, 0.2) is 5.60 Å². The van der Waals surface area contributed by atoms with Gasteiger partial charge in [0.2, 0.25) is 5.91 Å². The molecule has 6 rings (SSSR count). The molecular formula is C27H25FN4O7. The van der Waals surface area contributed by atoms with Crippen LogP contribution in [0, 0.1) is 12.7 Å². The second-order valence-electron chi connectivity index (χ2n) is 10.1. The molecule has 11 nitrogen and oxygen atoms in total. The summed E-state index contributed by atoms with van der Waals surface area (Å²) in [6.45, 7) is 2.71. The van der Waals surface area contributed by atoms with Gasteiger partial charge in [-0.2, -0.15) is 0 Å². The monoisotopic (exact) mass is 536 g/mol. The number of esters is 1. The van der Waals surface area contributed by atoms with Crippen molar-refractivity contribution in [2.75, 3.05) is 6.54 Å². The standard InChI is InChI=1S/C27H25FN4O7/c1-3-27(38)15-6-19-23-13(9-32(19)24(34)14(15)10-39-25(27)35)22-17(30-20(33)8-29-26(36)37)5-4-12-11(2)16(28)7-18(31-23)21(12)22/h6-7,17,29,38H,3-5,8-10H2,1-2H3,(H,30,33)(H,36,37)/t17-,27-/m0/s1. The van der Waals surface area contributed by atoms with E-state index in [0.717, 1.165) is 5.56 Å². The van der Waals surface area contributed by atoms with Crippen molar-refractivity contribution >= 4 is 28.9 Å². The number of aryl methyl sites for hydroxylation is 1. The topological polar surface area (TPSA) is 160 Å². The number of benzene rings is 1. The van der Waals surface area contributed by atoms with Crippen LogP contribution in [0.4, 0.5) is 9.18 Å². The molecule has 0 saturated heterocycles. The summed E-state index contributed by atoms with van der Waals surface area (Å²) in [5.41, 5.74) is 1.67. The number of aromatic nitrogens is 2. The predicted molar refractivity (Wildman–Crippen MR) is 134 cm³/mol. The number of halogens is 1. The number of amides is 2. The summed E-state index contributed by atoms with van der Waals surface area (Å²) in [5, 5.41) is 25.6. The van der Waals surface area contributed by atoms with Crippen LogP contribution in [0.5, 0.6) is 0 Å². The Labute approximate surface area is 220 Å². The van der Waals surface area contributed by atoms with Gasteiger partial charge in [0.05, 0.1) is 35.1 Å². The Balaban J connectivity index is 1.58. The summed E-state index contributed by atoms with van der Waals surface area (Å²) in [4.78, 5) is 54.3. The van der Waals surface area contributed by atoms with Crippen LogP contribution in [0.2, 0.25) is 0 Å². The summed E-state index contributed by atoms with van der Waals surface area (Å²) in [5.74, 6) is -1.79. The quantitative estimate of drug-likeness (QED) is 0.288. The van der Waals surface area contributed by atoms with Gasteiger partial charge < -0.3 is 30.2 Å². The molecule has 0 saturated carbocycles. The highest BCUT2D eigenvalue weighted by Crippen LogP contribution is 2.45. The first-order chi connectivity index (χ1) is 18.5. The zero-order chi connectivity index (χ0) is 27.8. The molecule has 0 bridgehead atoms. The fourth-order valence-electron chi connectivity index (χ4n) is 6.10. The SMILES string of the molecule is CC[C@@]1(O)C(=O)OCc2c1cc1n(c2=O)Cc2c-1nc1cc(F)c(C)c3c1c2[C@@H](NC(=O)CNC(=O)O)CC3. The summed E-state index contributed by atoms with van der Waals surface area (Å²) in [6.07, 6.45) is -0.432. The van der Waals surface area contributed by atoms with Crippen LogP contribution in [-0.2, 0) is 39.5 Å². The molecule has 4 N–H and O–H groups in total. The Bertz CT molecular complexity index is 1700. The number of aliphatic hydroxyl groups is 1. The lowest BCUT2D eigenvalue weighted by Crippen LogP contribution is -2.44. The molecule has 0 unspecified atom stereocenters. The van der Waals surface area contributed by atoms with Gasteiger partial charge in [-0.1, -0.05) is 6.92 Å². The molecular weight excluding hydrogens is 511 g/mol. The number of carbonyl (C=O) groups is 3. The van der Waals surface area contributed by atoms with Crippen LogP contribution in [0.15, 0.2) is 16.9 Å². The van der Waals surface area contributed by atoms with Gasteiger partial charge in [-0.05, 0) is 48.9 Å². The molecule has 3 aromatic rings. The van der Waals surface area contributed by atoms with Crippen molar-refractivity contribution in [3.63, 3.8) is 0 Å². The maximum atomic E-state index is 14.9. The molecule has 12 heteroatoms. The van der Waals surface area contributed by atoms with Crippen LogP contribution in [0.3, 0.4) is 0 Å². The zero-order valence-corrected chi connectivity index (χ0v) is 21.2. The second-order valence-corrected chi connectivity index (χ2v) is 10.1. The van der Waals surface area contributed by atoms with Gasteiger partial charge in [-0.3, -0.25) is 9.59 Å². The van der Waals surface area contributed by atoms with Crippen molar-refractivity contribution in [3.8, 4) is 11.4 Å². The number of nitrogens with one attached hydrogen (secondary N) is 2. The van der Waals surface area contributed by atoms with Crippen molar-refractivity contribution in [1.29, 1.82) is 0 Å². The Morgan fingerprint density at radius 1 is 1.26 bits per heavy atom. The minimum absolute atomic E-state index is 0.00266. The Hall–Kier alpha value is -4.32. The van der Waals surface area contributed by atoms with Gasteiger partial charge in [0.1, 0.15) is 19.0 Å². The number of hydrogen-bond acceptors (Lipinski definition) is 7. The van der Waals surface area contributed by atoms with E-state index >= 15 is 0 Å². The van der Waals surface area contributed by atoms with E-state index in [1.54, 1.807) is 19.9 Å². The number of hydrogen-bond donors (Lipinski definition) is 4. The molecule has 3 aliphatic rings. The molecule has 1 aromatic carbocycles. The third-order valence-electron chi connectivity index (χ3n) is 8.11. The molecule has 202 valence electrons. The van der Waals surface area contributed by atoms with Gasteiger partial charge in [-0.25, -0.2) is 19.0 Å². The number of carboxylic acid groups (broad SMARTS) is 1. The molecule has 2 atom stereocenters. The average molecular weight is 537 g/mol. The molecule has 0 spiro atoms. The first-order valence-electron chi connectivity index (χ1n) is 12.6. The average Bonchev–Trinajstić information content (AvgIpc) is 3.27. The molecule has 4 heterocycles. The van der Waals surface area contributed by atoms with Crippen LogP contribution in [0.25, 0.3) is 22.3 Å². The van der Waals surface area contributed by atoms with Crippen LogP contribution < -0.4 is 16.2 Å². The Morgan fingerprint density at radius 2 is 2.03 bits per heavy atom. The van der Waals surface area contributed by atoms with E-state index in [-0.39, 0.29) is 30.7 Å². The van der Waals surface area contributed by atoms with Crippen molar-refractivity contribution in [1.82, 2.24) is 20.2 Å². The highest BCUT2D eigenvalue weighted by molar-refractivity contribution is 5.94. The van der Waals surface area contributed by atoms with Crippen molar-refractivity contribution in [2.45, 2.75) is 57.9 Å². The summed E-state index contributed by atoms with van der Waals surface area (Å²) < 4.78 is 21.6. The van der Waals surface area contributed by atoms with Gasteiger partial charge >= 0.3 is 12.1 Å². The summed E-state index contributed by atoms with van der Waals surface area (Å²) in [6, 6.07) is 2.37. The number of nitrogens with zero attached hydrogens (tertiary/aromatic N) is 2. The fourth-order valence-corrected chi connectivity index (χ4v) is 6.10. The van der Waals surface area contributed by atoms with E-state index in [1.165, 1.54) is 10.6 Å². The van der Waals surface area contributed by atoms with Gasteiger partial charge in [-0.15, -0.1) is 0 Å². The largest absolute Gasteiger partial charge is 0.465 e. The van der Waals surface area contributed by atoms with E-state index in [9.17, 15) is 28.7 Å². The first kappa shape index (κ1) is 25.0. The van der Waals surface area contributed by atoms with Crippen LogP contribution >= 0.6 is 0 Å². The van der Waals surface area contributed by atoms with Crippen LogP contribution in [0.1, 0.15) is 59.2 Å². The molecule has 2 aliphatic heterocycles. The van der Waals surface area contributed by atoms with E-state index < -0.39 is 47.5 Å². The normalized spacial score (nSPS) is 20.6. The fraction of sp³-hybridized carbons (Fsp3) is 0.370. The summed E-state index contributed by atoms with van der Waals surface area (Å²) >= 11 is 0. The van der Waals surface area contributed by atoms with E-state index in [4.69, 9.17) is 14.8 Å². The maximum Gasteiger partial charge on any atom is 0.405 e. The summed E-state index contributed by atoms with van der Waals surface area (Å²) in [7, 11) is 0. The molecule has 0 radical (unpaired) electrons.